The van der Waals surface area contributed by atoms with Crippen molar-refractivity contribution in [1.82, 2.24) is 10.2 Å². The molecular formula is C12H14BrN3O3. The topological polar surface area (TPSA) is 75.5 Å². The van der Waals surface area contributed by atoms with Crippen LogP contribution < -0.4 is 5.32 Å². The Labute approximate surface area is 119 Å². The van der Waals surface area contributed by atoms with Crippen LogP contribution in [0.3, 0.4) is 0 Å². The Morgan fingerprint density at radius 2 is 2.32 bits per heavy atom. The van der Waals surface area contributed by atoms with Crippen molar-refractivity contribution in [2.24, 2.45) is 0 Å². The number of hydrogen-bond acceptors (Lipinski definition) is 4. The highest BCUT2D eigenvalue weighted by atomic mass is 79.9. The fourth-order valence-electron chi connectivity index (χ4n) is 2.10. The van der Waals surface area contributed by atoms with Crippen LogP contribution >= 0.6 is 15.9 Å². The van der Waals surface area contributed by atoms with Crippen molar-refractivity contribution < 1.29 is 9.72 Å². The summed E-state index contributed by atoms with van der Waals surface area (Å²) in [6.07, 6.45) is 0.736. The van der Waals surface area contributed by atoms with E-state index in [0.717, 1.165) is 13.0 Å². The first-order valence-corrected chi connectivity index (χ1v) is 6.69. The minimum atomic E-state index is -0.412. The standard InChI is InChI=1S/C12H14BrN3O3/c1-15-5-4-10(12(15)17)14-7-8-2-3-9(13)6-11(8)16(18)19/h2-3,6,10,14H,4-5,7H2,1H3. The zero-order valence-corrected chi connectivity index (χ0v) is 12.0. The summed E-state index contributed by atoms with van der Waals surface area (Å²) in [4.78, 5) is 23.9. The third-order valence-electron chi connectivity index (χ3n) is 3.21. The predicted molar refractivity (Wildman–Crippen MR) is 73.7 cm³/mol. The number of nitrogens with zero attached hydrogens (tertiary/aromatic N) is 2. The first kappa shape index (κ1) is 14.0. The lowest BCUT2D eigenvalue weighted by Gasteiger charge is -2.12. The Morgan fingerprint density at radius 1 is 1.58 bits per heavy atom. The van der Waals surface area contributed by atoms with Crippen LogP contribution in [-0.2, 0) is 11.3 Å². The largest absolute Gasteiger partial charge is 0.344 e. The van der Waals surface area contributed by atoms with Crippen molar-refractivity contribution >= 4 is 27.5 Å². The molecule has 1 fully saturated rings. The van der Waals surface area contributed by atoms with Crippen LogP contribution in [0.4, 0.5) is 5.69 Å². The van der Waals surface area contributed by atoms with Crippen molar-refractivity contribution in [2.75, 3.05) is 13.6 Å². The Morgan fingerprint density at radius 3 is 2.89 bits per heavy atom. The van der Waals surface area contributed by atoms with E-state index in [9.17, 15) is 14.9 Å². The van der Waals surface area contributed by atoms with E-state index >= 15 is 0 Å². The zero-order chi connectivity index (χ0) is 14.0. The minimum absolute atomic E-state index is 0.0414. The number of halogens is 1. The van der Waals surface area contributed by atoms with E-state index in [-0.39, 0.29) is 17.6 Å². The molecule has 0 bridgehead atoms. The van der Waals surface area contributed by atoms with Gasteiger partial charge in [-0.05, 0) is 18.6 Å². The van der Waals surface area contributed by atoms with Crippen molar-refractivity contribution in [3.05, 3.63) is 38.3 Å². The number of amides is 1. The molecule has 1 aromatic rings. The van der Waals surface area contributed by atoms with Crippen LogP contribution in [0.2, 0.25) is 0 Å². The van der Waals surface area contributed by atoms with Gasteiger partial charge in [-0.1, -0.05) is 15.9 Å². The Kier molecular flexibility index (Phi) is 4.16. The molecule has 0 aromatic heterocycles. The summed E-state index contributed by atoms with van der Waals surface area (Å²) in [6.45, 7) is 1.03. The number of hydrogen-bond donors (Lipinski definition) is 1. The van der Waals surface area contributed by atoms with Gasteiger partial charge in [-0.2, -0.15) is 0 Å². The van der Waals surface area contributed by atoms with E-state index in [1.807, 2.05) is 0 Å². The normalized spacial score (nSPS) is 18.9. The summed E-state index contributed by atoms with van der Waals surface area (Å²) in [6, 6.07) is 4.68. The molecule has 0 aliphatic carbocycles. The van der Waals surface area contributed by atoms with Gasteiger partial charge < -0.3 is 10.2 Å². The average Bonchev–Trinajstić information content (AvgIpc) is 2.68. The van der Waals surface area contributed by atoms with Crippen LogP contribution in [0.25, 0.3) is 0 Å². The molecule has 1 amide bonds. The van der Waals surface area contributed by atoms with Gasteiger partial charge in [-0.15, -0.1) is 0 Å². The van der Waals surface area contributed by atoms with Gasteiger partial charge in [0.25, 0.3) is 5.69 Å². The maximum absolute atomic E-state index is 11.7. The summed E-state index contributed by atoms with van der Waals surface area (Å²) in [5.74, 6) is 0.0414. The molecular weight excluding hydrogens is 314 g/mol. The summed E-state index contributed by atoms with van der Waals surface area (Å²) in [5, 5.41) is 14.1. The maximum atomic E-state index is 11.7. The highest BCUT2D eigenvalue weighted by molar-refractivity contribution is 9.10. The van der Waals surface area contributed by atoms with Crippen molar-refractivity contribution in [1.29, 1.82) is 0 Å². The summed E-state index contributed by atoms with van der Waals surface area (Å²) < 4.78 is 0.666. The van der Waals surface area contributed by atoms with E-state index in [1.54, 1.807) is 24.1 Å². The molecule has 6 nitrogen and oxygen atoms in total. The number of nitrogens with one attached hydrogen (secondary N) is 1. The van der Waals surface area contributed by atoms with Gasteiger partial charge in [0, 0.05) is 36.2 Å². The molecule has 1 aliphatic heterocycles. The number of rotatable bonds is 4. The number of benzene rings is 1. The van der Waals surface area contributed by atoms with Gasteiger partial charge >= 0.3 is 0 Å². The molecule has 0 spiro atoms. The van der Waals surface area contributed by atoms with E-state index in [4.69, 9.17) is 0 Å². The Bertz CT molecular complexity index is 521. The highest BCUT2D eigenvalue weighted by Crippen LogP contribution is 2.23. The second-order valence-electron chi connectivity index (χ2n) is 4.51. The molecule has 1 atom stereocenters. The SMILES string of the molecule is CN1CCC(NCc2ccc(Br)cc2[N+](=O)[O-])C1=O. The smallest absolute Gasteiger partial charge is 0.275 e. The maximum Gasteiger partial charge on any atom is 0.275 e. The third-order valence-corrected chi connectivity index (χ3v) is 3.70. The lowest BCUT2D eigenvalue weighted by Crippen LogP contribution is -2.36. The minimum Gasteiger partial charge on any atom is -0.344 e. The molecule has 0 radical (unpaired) electrons. The van der Waals surface area contributed by atoms with Gasteiger partial charge in [-0.3, -0.25) is 14.9 Å². The number of carbonyl (C=O) groups is 1. The monoisotopic (exact) mass is 327 g/mol. The lowest BCUT2D eigenvalue weighted by atomic mass is 10.1. The number of likely N-dealkylation sites (tertiary alicyclic amines) is 1. The second-order valence-corrected chi connectivity index (χ2v) is 5.43. The van der Waals surface area contributed by atoms with E-state index < -0.39 is 4.92 Å². The molecule has 1 saturated heterocycles. The number of nitro benzene ring substituents is 1. The number of carbonyl (C=O) groups excluding carboxylic acids is 1. The number of likely N-dealkylation sites (N-methyl/N-ethyl adjacent to an activating group) is 1. The van der Waals surface area contributed by atoms with Crippen LogP contribution in [-0.4, -0.2) is 35.4 Å². The molecule has 1 aromatic carbocycles. The lowest BCUT2D eigenvalue weighted by molar-refractivity contribution is -0.385. The molecule has 19 heavy (non-hydrogen) atoms. The molecule has 0 saturated carbocycles. The Balaban J connectivity index is 2.08. The van der Waals surface area contributed by atoms with Crippen LogP contribution in [0.1, 0.15) is 12.0 Å². The van der Waals surface area contributed by atoms with Crippen molar-refractivity contribution in [3.63, 3.8) is 0 Å². The molecule has 102 valence electrons. The second kappa shape index (κ2) is 5.66. The van der Waals surface area contributed by atoms with Gasteiger partial charge in [0.15, 0.2) is 0 Å². The van der Waals surface area contributed by atoms with Crippen LogP contribution in [0, 0.1) is 10.1 Å². The third kappa shape index (κ3) is 3.10. The van der Waals surface area contributed by atoms with E-state index in [2.05, 4.69) is 21.2 Å². The van der Waals surface area contributed by atoms with Gasteiger partial charge in [0.05, 0.1) is 11.0 Å². The number of nitro groups is 1. The molecule has 7 heteroatoms. The zero-order valence-electron chi connectivity index (χ0n) is 10.4. The van der Waals surface area contributed by atoms with Crippen LogP contribution in [0.5, 0.6) is 0 Å². The van der Waals surface area contributed by atoms with Crippen molar-refractivity contribution in [2.45, 2.75) is 19.0 Å². The van der Waals surface area contributed by atoms with Gasteiger partial charge in [-0.25, -0.2) is 0 Å². The molecule has 1 unspecified atom stereocenters. The first-order chi connectivity index (χ1) is 8.99. The van der Waals surface area contributed by atoms with E-state index in [1.165, 1.54) is 6.07 Å². The van der Waals surface area contributed by atoms with Crippen molar-refractivity contribution in [3.8, 4) is 0 Å². The summed E-state index contributed by atoms with van der Waals surface area (Å²) >= 11 is 3.21. The predicted octanol–water partition coefficient (Wildman–Crippen LogP) is 1.68. The quantitative estimate of drug-likeness (QED) is 0.674. The highest BCUT2D eigenvalue weighted by Gasteiger charge is 2.28. The molecule has 1 aliphatic rings. The van der Waals surface area contributed by atoms with Gasteiger partial charge in [0.2, 0.25) is 5.91 Å². The summed E-state index contributed by atoms with van der Waals surface area (Å²) in [5.41, 5.74) is 0.635. The molecule has 2 rings (SSSR count). The summed E-state index contributed by atoms with van der Waals surface area (Å²) in [7, 11) is 1.76. The molecule has 1 heterocycles. The van der Waals surface area contributed by atoms with E-state index in [0.29, 0.717) is 16.6 Å². The fraction of sp³-hybridized carbons (Fsp3) is 0.417. The average molecular weight is 328 g/mol. The molecule has 1 N–H and O–H groups in total. The first-order valence-electron chi connectivity index (χ1n) is 5.90. The Hall–Kier alpha value is -1.47. The fourth-order valence-corrected chi connectivity index (χ4v) is 2.45. The van der Waals surface area contributed by atoms with Gasteiger partial charge in [0.1, 0.15) is 0 Å². The van der Waals surface area contributed by atoms with Crippen LogP contribution in [0.15, 0.2) is 22.7 Å².